The predicted molar refractivity (Wildman–Crippen MR) is 82.6 cm³/mol. The normalized spacial score (nSPS) is 10.5. The van der Waals surface area contributed by atoms with E-state index in [0.29, 0.717) is 23.3 Å². The molecule has 0 amide bonds. The van der Waals surface area contributed by atoms with Crippen molar-refractivity contribution in [3.8, 4) is 0 Å². The Morgan fingerprint density at radius 3 is 2.79 bits per heavy atom. The molecule has 0 aliphatic heterocycles. The van der Waals surface area contributed by atoms with Gasteiger partial charge in [0.1, 0.15) is 5.02 Å². The highest BCUT2D eigenvalue weighted by Gasteiger charge is 2.11. The Morgan fingerprint density at radius 1 is 1.37 bits per heavy atom. The number of hydrogen-bond acceptors (Lipinski definition) is 5. The second-order valence-electron chi connectivity index (χ2n) is 3.96. The lowest BCUT2D eigenvalue weighted by atomic mass is 10.4. The van der Waals surface area contributed by atoms with Gasteiger partial charge < -0.3 is 10.2 Å². The summed E-state index contributed by atoms with van der Waals surface area (Å²) in [4.78, 5) is 11.7. The van der Waals surface area contributed by atoms with Crippen LogP contribution in [-0.2, 0) is 6.54 Å². The maximum absolute atomic E-state index is 6.15. The number of hydrogen-bond donors (Lipinski definition) is 1. The van der Waals surface area contributed by atoms with Crippen LogP contribution < -0.4 is 10.2 Å². The molecule has 0 atom stereocenters. The summed E-state index contributed by atoms with van der Waals surface area (Å²) >= 11 is 13.6. The van der Waals surface area contributed by atoms with Crippen LogP contribution in [0.15, 0.2) is 18.3 Å². The summed E-state index contributed by atoms with van der Waals surface area (Å²) in [6.45, 7) is 3.47. The summed E-state index contributed by atoms with van der Waals surface area (Å²) in [5, 5.41) is 3.61. The van der Waals surface area contributed by atoms with Crippen molar-refractivity contribution in [1.29, 1.82) is 0 Å². The Kier molecular flexibility index (Phi) is 4.85. The molecule has 19 heavy (non-hydrogen) atoms. The molecule has 0 aromatic carbocycles. The van der Waals surface area contributed by atoms with Gasteiger partial charge in [0.15, 0.2) is 5.82 Å². The van der Waals surface area contributed by atoms with Crippen LogP contribution in [0.4, 0.5) is 11.8 Å². The molecule has 0 saturated carbocycles. The highest BCUT2D eigenvalue weighted by molar-refractivity contribution is 7.16. The van der Waals surface area contributed by atoms with Gasteiger partial charge in [0.2, 0.25) is 5.95 Å². The van der Waals surface area contributed by atoms with E-state index < -0.39 is 0 Å². The number of thiophene rings is 1. The molecule has 0 saturated heterocycles. The van der Waals surface area contributed by atoms with Crippen LogP contribution in [0, 0.1) is 0 Å². The third-order valence-electron chi connectivity index (χ3n) is 2.44. The van der Waals surface area contributed by atoms with Crippen LogP contribution >= 0.6 is 34.5 Å². The molecule has 2 heterocycles. The number of nitrogens with one attached hydrogen (secondary N) is 1. The summed E-state index contributed by atoms with van der Waals surface area (Å²) in [5.41, 5.74) is 0. The van der Waals surface area contributed by atoms with Gasteiger partial charge in [0, 0.05) is 18.5 Å². The van der Waals surface area contributed by atoms with Crippen LogP contribution in [0.5, 0.6) is 0 Å². The lowest BCUT2D eigenvalue weighted by Gasteiger charge is -2.19. The second-order valence-corrected chi connectivity index (χ2v) is 6.16. The van der Waals surface area contributed by atoms with Gasteiger partial charge in [-0.15, -0.1) is 11.3 Å². The molecule has 2 aromatic rings. The van der Waals surface area contributed by atoms with Crippen LogP contribution in [0.2, 0.25) is 9.36 Å². The first kappa shape index (κ1) is 14.4. The first-order valence-electron chi connectivity index (χ1n) is 5.82. The van der Waals surface area contributed by atoms with Gasteiger partial charge in [0.25, 0.3) is 0 Å². The molecule has 0 aliphatic carbocycles. The Balaban J connectivity index is 2.17. The molecule has 2 rings (SSSR count). The van der Waals surface area contributed by atoms with E-state index in [9.17, 15) is 0 Å². The Hall–Kier alpha value is -1.04. The average molecular weight is 317 g/mol. The van der Waals surface area contributed by atoms with Crippen molar-refractivity contribution >= 4 is 46.3 Å². The van der Waals surface area contributed by atoms with Crippen LogP contribution in [0.1, 0.15) is 11.8 Å². The van der Waals surface area contributed by atoms with Crippen molar-refractivity contribution in [3.63, 3.8) is 0 Å². The molecule has 1 N–H and O–H groups in total. The zero-order valence-corrected chi connectivity index (χ0v) is 13.0. The quantitative estimate of drug-likeness (QED) is 0.908. The molecular weight excluding hydrogens is 303 g/mol. The third-order valence-corrected chi connectivity index (χ3v) is 3.93. The molecule has 7 heteroatoms. The molecule has 4 nitrogen and oxygen atoms in total. The van der Waals surface area contributed by atoms with Gasteiger partial charge in [-0.3, -0.25) is 0 Å². The third kappa shape index (κ3) is 3.72. The first-order valence-corrected chi connectivity index (χ1v) is 7.39. The summed E-state index contributed by atoms with van der Waals surface area (Å²) in [5.74, 6) is 1.29. The van der Waals surface area contributed by atoms with E-state index in [2.05, 4.69) is 15.3 Å². The second kappa shape index (κ2) is 6.41. The Morgan fingerprint density at radius 2 is 2.16 bits per heavy atom. The van der Waals surface area contributed by atoms with E-state index >= 15 is 0 Å². The fourth-order valence-electron chi connectivity index (χ4n) is 1.61. The molecular formula is C12H14Cl2N4S. The van der Waals surface area contributed by atoms with Crippen LogP contribution in [0.3, 0.4) is 0 Å². The van der Waals surface area contributed by atoms with E-state index in [4.69, 9.17) is 23.2 Å². The van der Waals surface area contributed by atoms with E-state index in [1.54, 1.807) is 17.5 Å². The van der Waals surface area contributed by atoms with Crippen molar-refractivity contribution in [2.75, 3.05) is 23.8 Å². The Bertz CT molecular complexity index is 558. The molecule has 102 valence electrons. The number of nitrogens with zero attached hydrogens (tertiary/aromatic N) is 3. The summed E-state index contributed by atoms with van der Waals surface area (Å²) in [6.07, 6.45) is 1.61. The van der Waals surface area contributed by atoms with E-state index in [1.165, 1.54) is 0 Å². The van der Waals surface area contributed by atoms with Gasteiger partial charge in [-0.25, -0.2) is 4.98 Å². The summed E-state index contributed by atoms with van der Waals surface area (Å²) < 4.78 is 0.783. The lowest BCUT2D eigenvalue weighted by molar-refractivity contribution is 0.903. The fraction of sp³-hybridized carbons (Fsp3) is 0.333. The van der Waals surface area contributed by atoms with E-state index in [0.717, 1.165) is 15.8 Å². The number of halogens is 2. The monoisotopic (exact) mass is 316 g/mol. The minimum absolute atomic E-state index is 0.534. The van der Waals surface area contributed by atoms with Gasteiger partial charge in [-0.2, -0.15) is 4.98 Å². The molecule has 0 aliphatic rings. The van der Waals surface area contributed by atoms with Gasteiger partial charge in [-0.1, -0.05) is 23.2 Å². The average Bonchev–Trinajstić information content (AvgIpc) is 2.77. The van der Waals surface area contributed by atoms with Crippen molar-refractivity contribution < 1.29 is 0 Å². The van der Waals surface area contributed by atoms with Crippen LogP contribution in [0.25, 0.3) is 0 Å². The highest BCUT2D eigenvalue weighted by Crippen LogP contribution is 2.27. The molecule has 0 bridgehead atoms. The minimum atomic E-state index is 0.534. The van der Waals surface area contributed by atoms with Crippen LogP contribution in [-0.4, -0.2) is 23.6 Å². The highest BCUT2D eigenvalue weighted by atomic mass is 35.5. The SMILES string of the molecule is CCNc1ncc(Cl)c(N(C)Cc2ccc(Cl)s2)n1. The topological polar surface area (TPSA) is 41.1 Å². The summed E-state index contributed by atoms with van der Waals surface area (Å²) in [6, 6.07) is 3.89. The standard InChI is InChI=1S/C12H14Cl2N4S/c1-3-15-12-16-6-9(13)11(17-12)18(2)7-8-4-5-10(14)19-8/h4-6H,3,7H2,1-2H3,(H,15,16,17). The molecule has 2 aromatic heterocycles. The van der Waals surface area contributed by atoms with Gasteiger partial charge in [-0.05, 0) is 19.1 Å². The van der Waals surface area contributed by atoms with Crippen molar-refractivity contribution in [2.24, 2.45) is 0 Å². The molecule has 0 fully saturated rings. The van der Waals surface area contributed by atoms with Crippen molar-refractivity contribution in [2.45, 2.75) is 13.5 Å². The number of aromatic nitrogens is 2. The largest absolute Gasteiger partial charge is 0.354 e. The molecule has 0 radical (unpaired) electrons. The Labute approximate surface area is 126 Å². The zero-order chi connectivity index (χ0) is 13.8. The maximum Gasteiger partial charge on any atom is 0.224 e. The maximum atomic E-state index is 6.15. The van der Waals surface area contributed by atoms with E-state index in [1.807, 2.05) is 31.0 Å². The fourth-order valence-corrected chi connectivity index (χ4v) is 2.99. The van der Waals surface area contributed by atoms with Crippen molar-refractivity contribution in [3.05, 3.63) is 32.6 Å². The molecule has 0 spiro atoms. The van der Waals surface area contributed by atoms with Gasteiger partial charge in [0.05, 0.1) is 17.1 Å². The van der Waals surface area contributed by atoms with Crippen molar-refractivity contribution in [1.82, 2.24) is 9.97 Å². The minimum Gasteiger partial charge on any atom is -0.354 e. The lowest BCUT2D eigenvalue weighted by Crippen LogP contribution is -2.18. The smallest absolute Gasteiger partial charge is 0.224 e. The summed E-state index contributed by atoms with van der Waals surface area (Å²) in [7, 11) is 1.94. The zero-order valence-electron chi connectivity index (χ0n) is 10.7. The van der Waals surface area contributed by atoms with E-state index in [-0.39, 0.29) is 0 Å². The first-order chi connectivity index (χ1) is 9.10. The molecule has 0 unspecified atom stereocenters. The number of rotatable bonds is 5. The van der Waals surface area contributed by atoms with Gasteiger partial charge >= 0.3 is 0 Å². The number of anilines is 2. The predicted octanol–water partition coefficient (Wildman–Crippen LogP) is 3.91.